The predicted molar refractivity (Wildman–Crippen MR) is 154 cm³/mol. The minimum absolute atomic E-state index is 0.0257. The standard InChI is InChI=1S/C31H38N4O3S/c1-20-19-39-29(32-20)26-13-8-16-35(26)30(38)23-12-7-11-22(18-23)28(37)33-25(17-21-9-5-4-6-10-21)27(36)24-14-15-31(2,3)34-24/h4-7,9-12,18-19,24-27,34,36H,8,13-17H2,1-3H3,(H,33,37)/t24-,25+,26-,27-/m1/s1. The number of aliphatic hydroxyl groups is 1. The Morgan fingerprint density at radius 3 is 2.62 bits per heavy atom. The van der Waals surface area contributed by atoms with Gasteiger partial charge in [-0.3, -0.25) is 9.59 Å². The van der Waals surface area contributed by atoms with E-state index in [9.17, 15) is 14.7 Å². The fraction of sp³-hybridized carbons (Fsp3) is 0.452. The van der Waals surface area contributed by atoms with E-state index in [1.54, 1.807) is 35.6 Å². The average Bonchev–Trinajstić information content (AvgIpc) is 3.67. The van der Waals surface area contributed by atoms with Crippen molar-refractivity contribution in [1.29, 1.82) is 0 Å². The summed E-state index contributed by atoms with van der Waals surface area (Å²) in [4.78, 5) is 33.5. The lowest BCUT2D eigenvalue weighted by molar-refractivity contribution is 0.0720. The van der Waals surface area contributed by atoms with Crippen molar-refractivity contribution < 1.29 is 14.7 Å². The van der Waals surface area contributed by atoms with Crippen LogP contribution in [0.15, 0.2) is 60.0 Å². The van der Waals surface area contributed by atoms with Crippen molar-refractivity contribution in [2.45, 2.75) is 82.6 Å². The minimum Gasteiger partial charge on any atom is -0.389 e. The van der Waals surface area contributed by atoms with Crippen molar-refractivity contribution in [1.82, 2.24) is 20.5 Å². The lowest BCUT2D eigenvalue weighted by Crippen LogP contribution is -2.54. The van der Waals surface area contributed by atoms with E-state index in [-0.39, 0.29) is 29.4 Å². The van der Waals surface area contributed by atoms with Gasteiger partial charge >= 0.3 is 0 Å². The van der Waals surface area contributed by atoms with Crippen LogP contribution in [0.25, 0.3) is 0 Å². The number of aromatic nitrogens is 1. The number of carbonyl (C=O) groups excluding carboxylic acids is 2. The van der Waals surface area contributed by atoms with Gasteiger partial charge in [0.05, 0.1) is 18.2 Å². The Kier molecular flexibility index (Phi) is 8.16. The van der Waals surface area contributed by atoms with Gasteiger partial charge in [0.2, 0.25) is 0 Å². The molecule has 4 atom stereocenters. The molecule has 206 valence electrons. The van der Waals surface area contributed by atoms with Gasteiger partial charge < -0.3 is 20.6 Å². The van der Waals surface area contributed by atoms with Crippen LogP contribution in [0.4, 0.5) is 0 Å². The Morgan fingerprint density at radius 2 is 1.92 bits per heavy atom. The van der Waals surface area contributed by atoms with Crippen molar-refractivity contribution in [3.8, 4) is 0 Å². The molecule has 5 rings (SSSR count). The van der Waals surface area contributed by atoms with E-state index in [4.69, 9.17) is 0 Å². The lowest BCUT2D eigenvalue weighted by Gasteiger charge is -2.30. The van der Waals surface area contributed by atoms with E-state index in [2.05, 4.69) is 29.5 Å². The van der Waals surface area contributed by atoms with Gasteiger partial charge in [-0.25, -0.2) is 4.98 Å². The summed E-state index contributed by atoms with van der Waals surface area (Å²) in [7, 11) is 0. The maximum Gasteiger partial charge on any atom is 0.254 e. The third-order valence-corrected chi connectivity index (χ3v) is 8.97. The highest BCUT2D eigenvalue weighted by atomic mass is 32.1. The number of nitrogens with one attached hydrogen (secondary N) is 2. The second kappa shape index (κ2) is 11.6. The van der Waals surface area contributed by atoms with Crippen LogP contribution in [-0.4, -0.2) is 57.1 Å². The van der Waals surface area contributed by atoms with Crippen LogP contribution in [-0.2, 0) is 6.42 Å². The number of hydrogen-bond acceptors (Lipinski definition) is 6. The van der Waals surface area contributed by atoms with Gasteiger partial charge in [-0.2, -0.15) is 0 Å². The zero-order valence-electron chi connectivity index (χ0n) is 22.9. The van der Waals surface area contributed by atoms with Crippen molar-refractivity contribution in [2.24, 2.45) is 0 Å². The summed E-state index contributed by atoms with van der Waals surface area (Å²) in [6.07, 6.45) is 3.38. The molecule has 2 aromatic carbocycles. The molecule has 2 aliphatic heterocycles. The summed E-state index contributed by atoms with van der Waals surface area (Å²) in [5, 5.41) is 21.0. The summed E-state index contributed by atoms with van der Waals surface area (Å²) >= 11 is 1.59. The van der Waals surface area contributed by atoms with E-state index in [1.165, 1.54) is 0 Å². The third kappa shape index (κ3) is 6.40. The zero-order valence-corrected chi connectivity index (χ0v) is 23.7. The molecular weight excluding hydrogens is 508 g/mol. The molecule has 2 amide bonds. The second-order valence-corrected chi connectivity index (χ2v) is 12.4. The Balaban J connectivity index is 1.33. The fourth-order valence-electron chi connectivity index (χ4n) is 5.83. The number of rotatable bonds is 8. The first-order valence-electron chi connectivity index (χ1n) is 13.8. The first kappa shape index (κ1) is 27.5. The van der Waals surface area contributed by atoms with Crippen LogP contribution < -0.4 is 10.6 Å². The number of amides is 2. The molecule has 7 nitrogen and oxygen atoms in total. The maximum atomic E-state index is 13.5. The lowest BCUT2D eigenvalue weighted by atomic mass is 9.95. The van der Waals surface area contributed by atoms with Crippen LogP contribution in [0.5, 0.6) is 0 Å². The second-order valence-electron chi connectivity index (χ2n) is 11.5. The number of aliphatic hydroxyl groups excluding tert-OH is 1. The van der Waals surface area contributed by atoms with Crippen LogP contribution >= 0.6 is 11.3 Å². The van der Waals surface area contributed by atoms with Gasteiger partial charge in [-0.1, -0.05) is 36.4 Å². The Labute approximate surface area is 234 Å². The molecule has 1 aromatic heterocycles. The molecule has 0 spiro atoms. The summed E-state index contributed by atoms with van der Waals surface area (Å²) in [6, 6.07) is 16.2. The minimum atomic E-state index is -0.757. The number of aryl methyl sites for hydroxylation is 1. The highest BCUT2D eigenvalue weighted by Gasteiger charge is 2.38. The SMILES string of the molecule is Cc1csc([C@H]2CCCN2C(=O)c2cccc(C(=O)N[C@@H](Cc3ccccc3)[C@H](O)[C@H]3CCC(C)(C)N3)c2)n1. The summed E-state index contributed by atoms with van der Waals surface area (Å²) in [5.41, 5.74) is 2.86. The smallest absolute Gasteiger partial charge is 0.254 e. The van der Waals surface area contributed by atoms with Gasteiger partial charge in [0.15, 0.2) is 0 Å². The number of nitrogens with zero attached hydrogens (tertiary/aromatic N) is 2. The van der Waals surface area contributed by atoms with Crippen LogP contribution in [0.1, 0.15) is 82.6 Å². The van der Waals surface area contributed by atoms with Crippen molar-refractivity contribution in [2.75, 3.05) is 6.54 Å². The van der Waals surface area contributed by atoms with Gasteiger partial charge in [0.25, 0.3) is 11.8 Å². The Bertz CT molecular complexity index is 1310. The topological polar surface area (TPSA) is 94.6 Å². The van der Waals surface area contributed by atoms with Crippen LogP contribution in [0, 0.1) is 6.92 Å². The van der Waals surface area contributed by atoms with E-state index in [0.717, 1.165) is 41.9 Å². The van der Waals surface area contributed by atoms with Gasteiger partial charge in [0, 0.05) is 40.3 Å². The normalized spacial score (nSPS) is 22.0. The molecule has 0 bridgehead atoms. The van der Waals surface area contributed by atoms with E-state index >= 15 is 0 Å². The molecule has 0 radical (unpaired) electrons. The highest BCUT2D eigenvalue weighted by molar-refractivity contribution is 7.09. The molecule has 39 heavy (non-hydrogen) atoms. The Morgan fingerprint density at radius 1 is 1.15 bits per heavy atom. The third-order valence-electron chi connectivity index (χ3n) is 7.90. The molecule has 3 heterocycles. The Hall–Kier alpha value is -3.07. The van der Waals surface area contributed by atoms with E-state index < -0.39 is 12.1 Å². The fourth-order valence-corrected chi connectivity index (χ4v) is 6.77. The van der Waals surface area contributed by atoms with Crippen LogP contribution in [0.3, 0.4) is 0 Å². The molecule has 0 saturated carbocycles. The first-order valence-corrected chi connectivity index (χ1v) is 14.7. The number of thiazole rings is 1. The highest BCUT2D eigenvalue weighted by Crippen LogP contribution is 2.35. The predicted octanol–water partition coefficient (Wildman–Crippen LogP) is 4.66. The molecule has 2 fully saturated rings. The molecular formula is C31H38N4O3S. The maximum absolute atomic E-state index is 13.5. The van der Waals surface area contributed by atoms with Crippen LogP contribution in [0.2, 0.25) is 0 Å². The molecule has 0 unspecified atom stereocenters. The van der Waals surface area contributed by atoms with Crippen molar-refractivity contribution in [3.05, 3.63) is 87.4 Å². The summed E-state index contributed by atoms with van der Waals surface area (Å²) < 4.78 is 0. The molecule has 0 aliphatic carbocycles. The number of likely N-dealkylation sites (tertiary alicyclic amines) is 1. The number of hydrogen-bond donors (Lipinski definition) is 3. The van der Waals surface area contributed by atoms with Crippen molar-refractivity contribution >= 4 is 23.2 Å². The summed E-state index contributed by atoms with van der Waals surface area (Å²) in [6.45, 7) is 6.91. The number of benzene rings is 2. The molecule has 8 heteroatoms. The molecule has 3 aromatic rings. The molecule has 2 saturated heterocycles. The largest absolute Gasteiger partial charge is 0.389 e. The molecule has 3 N–H and O–H groups in total. The quantitative estimate of drug-likeness (QED) is 0.382. The van der Waals surface area contributed by atoms with E-state index in [0.29, 0.717) is 24.1 Å². The van der Waals surface area contributed by atoms with Gasteiger partial charge in [-0.15, -0.1) is 11.3 Å². The van der Waals surface area contributed by atoms with Gasteiger partial charge in [-0.05, 0) is 76.6 Å². The van der Waals surface area contributed by atoms with Gasteiger partial charge in [0.1, 0.15) is 5.01 Å². The average molecular weight is 547 g/mol. The van der Waals surface area contributed by atoms with Crippen molar-refractivity contribution in [3.63, 3.8) is 0 Å². The van der Waals surface area contributed by atoms with E-state index in [1.807, 2.05) is 47.5 Å². The first-order chi connectivity index (χ1) is 18.7. The monoisotopic (exact) mass is 546 g/mol. The molecule has 2 aliphatic rings. The number of carbonyl (C=O) groups is 2. The zero-order chi connectivity index (χ0) is 27.6. The summed E-state index contributed by atoms with van der Waals surface area (Å²) in [5.74, 6) is -0.381.